The molecule has 0 atom stereocenters. The number of hydrogen-bond donors (Lipinski definition) is 2. The van der Waals surface area contributed by atoms with Crippen molar-refractivity contribution in [1.82, 2.24) is 20.0 Å². The zero-order valence-corrected chi connectivity index (χ0v) is 14.4. The summed E-state index contributed by atoms with van der Waals surface area (Å²) in [7, 11) is 0. The molecule has 1 aliphatic rings. The zero-order valence-electron chi connectivity index (χ0n) is 14.4. The first-order valence-electron chi connectivity index (χ1n) is 9.03. The van der Waals surface area contributed by atoms with E-state index in [0.717, 1.165) is 6.54 Å². The number of carbonyl (C=O) groups is 1. The molecule has 4 rings (SSSR count). The van der Waals surface area contributed by atoms with E-state index in [1.165, 1.54) is 32.1 Å². The SMILES string of the molecule is O=C(Nc1ccnn1CC1CCCCC1)c1n[nH]c(=O)c2ccccc12. The highest BCUT2D eigenvalue weighted by Crippen LogP contribution is 2.26. The Morgan fingerprint density at radius 3 is 2.73 bits per heavy atom. The van der Waals surface area contributed by atoms with Gasteiger partial charge in [-0.1, -0.05) is 37.5 Å². The Bertz CT molecular complexity index is 985. The van der Waals surface area contributed by atoms with E-state index in [1.54, 1.807) is 36.5 Å². The largest absolute Gasteiger partial charge is 0.305 e. The van der Waals surface area contributed by atoms with Crippen LogP contribution < -0.4 is 10.9 Å². The third-order valence-electron chi connectivity index (χ3n) is 5.03. The van der Waals surface area contributed by atoms with Gasteiger partial charge in [0.2, 0.25) is 0 Å². The molecule has 0 aliphatic heterocycles. The molecule has 1 aromatic carbocycles. The summed E-state index contributed by atoms with van der Waals surface area (Å²) in [6.07, 6.45) is 7.95. The number of aromatic amines is 1. The molecule has 134 valence electrons. The lowest BCUT2D eigenvalue weighted by Crippen LogP contribution is -2.22. The molecule has 2 heterocycles. The quantitative estimate of drug-likeness (QED) is 0.756. The van der Waals surface area contributed by atoms with Crippen LogP contribution in [-0.2, 0) is 6.54 Å². The molecule has 1 aliphatic carbocycles. The minimum absolute atomic E-state index is 0.200. The van der Waals surface area contributed by atoms with Gasteiger partial charge < -0.3 is 5.32 Å². The van der Waals surface area contributed by atoms with E-state index in [4.69, 9.17) is 0 Å². The molecule has 2 N–H and O–H groups in total. The zero-order chi connectivity index (χ0) is 17.9. The van der Waals surface area contributed by atoms with Crippen molar-refractivity contribution in [2.45, 2.75) is 38.6 Å². The molecule has 0 spiro atoms. The molecule has 7 heteroatoms. The van der Waals surface area contributed by atoms with Gasteiger partial charge in [-0.25, -0.2) is 9.78 Å². The van der Waals surface area contributed by atoms with E-state index >= 15 is 0 Å². The first kappa shape index (κ1) is 16.5. The lowest BCUT2D eigenvalue weighted by molar-refractivity contribution is 0.102. The third kappa shape index (κ3) is 3.24. The molecule has 3 aromatic rings. The summed E-state index contributed by atoms with van der Waals surface area (Å²) >= 11 is 0. The molecular formula is C19H21N5O2. The molecular weight excluding hydrogens is 330 g/mol. The van der Waals surface area contributed by atoms with Crippen molar-refractivity contribution in [3.63, 3.8) is 0 Å². The highest BCUT2D eigenvalue weighted by Gasteiger charge is 2.18. The highest BCUT2D eigenvalue weighted by molar-refractivity contribution is 6.10. The number of benzene rings is 1. The van der Waals surface area contributed by atoms with Crippen molar-refractivity contribution >= 4 is 22.5 Å². The fourth-order valence-electron chi connectivity index (χ4n) is 3.66. The van der Waals surface area contributed by atoms with Crippen LogP contribution >= 0.6 is 0 Å². The predicted molar refractivity (Wildman–Crippen MR) is 99.1 cm³/mol. The van der Waals surface area contributed by atoms with Crippen LogP contribution in [0.4, 0.5) is 5.82 Å². The number of anilines is 1. The molecule has 7 nitrogen and oxygen atoms in total. The second-order valence-corrected chi connectivity index (χ2v) is 6.80. The Morgan fingerprint density at radius 1 is 1.15 bits per heavy atom. The van der Waals surface area contributed by atoms with E-state index in [-0.39, 0.29) is 17.2 Å². The highest BCUT2D eigenvalue weighted by atomic mass is 16.2. The third-order valence-corrected chi connectivity index (χ3v) is 5.03. The summed E-state index contributed by atoms with van der Waals surface area (Å²) in [4.78, 5) is 24.6. The first-order valence-corrected chi connectivity index (χ1v) is 9.03. The van der Waals surface area contributed by atoms with Gasteiger partial charge in [-0.05, 0) is 24.8 Å². The summed E-state index contributed by atoms with van der Waals surface area (Å²) in [5.74, 6) is 0.895. The van der Waals surface area contributed by atoms with Crippen molar-refractivity contribution in [2.75, 3.05) is 5.32 Å². The number of fused-ring (bicyclic) bond motifs is 1. The Hall–Kier alpha value is -2.96. The van der Waals surface area contributed by atoms with Crippen molar-refractivity contribution < 1.29 is 4.79 Å². The van der Waals surface area contributed by atoms with Crippen LogP contribution in [0, 0.1) is 5.92 Å². The van der Waals surface area contributed by atoms with Crippen LogP contribution in [0.15, 0.2) is 41.3 Å². The smallest absolute Gasteiger partial charge is 0.277 e. The number of amides is 1. The second-order valence-electron chi connectivity index (χ2n) is 6.80. The number of hydrogen-bond acceptors (Lipinski definition) is 4. The lowest BCUT2D eigenvalue weighted by atomic mass is 9.89. The summed E-state index contributed by atoms with van der Waals surface area (Å²) in [5.41, 5.74) is -0.106. The normalized spacial score (nSPS) is 15.2. The summed E-state index contributed by atoms with van der Waals surface area (Å²) in [6.45, 7) is 0.808. The Morgan fingerprint density at radius 2 is 1.92 bits per heavy atom. The minimum atomic E-state index is -0.358. The van der Waals surface area contributed by atoms with Crippen LogP contribution in [0.1, 0.15) is 42.6 Å². The van der Waals surface area contributed by atoms with Gasteiger partial charge in [0, 0.05) is 18.0 Å². The molecule has 0 bridgehead atoms. The molecule has 0 saturated heterocycles. The van der Waals surface area contributed by atoms with Crippen LogP contribution in [-0.4, -0.2) is 25.9 Å². The van der Waals surface area contributed by atoms with Crippen molar-refractivity contribution in [2.24, 2.45) is 5.92 Å². The molecule has 1 saturated carbocycles. The van der Waals surface area contributed by atoms with Gasteiger partial charge in [-0.15, -0.1) is 0 Å². The number of H-pyrrole nitrogens is 1. The van der Waals surface area contributed by atoms with Crippen LogP contribution in [0.25, 0.3) is 10.8 Å². The van der Waals surface area contributed by atoms with Gasteiger partial charge in [-0.3, -0.25) is 9.59 Å². The van der Waals surface area contributed by atoms with Crippen LogP contribution in [0.2, 0.25) is 0 Å². The van der Waals surface area contributed by atoms with Gasteiger partial charge in [0.05, 0.1) is 11.6 Å². The molecule has 0 unspecified atom stereocenters. The molecule has 26 heavy (non-hydrogen) atoms. The van der Waals surface area contributed by atoms with Crippen molar-refractivity contribution in [1.29, 1.82) is 0 Å². The molecule has 1 amide bonds. The van der Waals surface area contributed by atoms with E-state index in [9.17, 15) is 9.59 Å². The Kier molecular flexibility index (Phi) is 4.51. The van der Waals surface area contributed by atoms with E-state index in [0.29, 0.717) is 22.5 Å². The maximum Gasteiger partial charge on any atom is 0.277 e. The fraction of sp³-hybridized carbons (Fsp3) is 0.368. The van der Waals surface area contributed by atoms with Crippen molar-refractivity contribution in [3.05, 3.63) is 52.6 Å². The van der Waals surface area contributed by atoms with Gasteiger partial charge in [-0.2, -0.15) is 10.2 Å². The van der Waals surface area contributed by atoms with Gasteiger partial charge in [0.25, 0.3) is 11.5 Å². The number of aromatic nitrogens is 4. The summed E-state index contributed by atoms with van der Waals surface area (Å²) in [5, 5.41) is 14.6. The molecule has 0 radical (unpaired) electrons. The van der Waals surface area contributed by atoms with E-state index in [2.05, 4.69) is 20.6 Å². The summed E-state index contributed by atoms with van der Waals surface area (Å²) < 4.78 is 1.85. The number of nitrogens with one attached hydrogen (secondary N) is 2. The van der Waals surface area contributed by atoms with Crippen LogP contribution in [0.3, 0.4) is 0 Å². The van der Waals surface area contributed by atoms with Crippen LogP contribution in [0.5, 0.6) is 0 Å². The number of rotatable bonds is 4. The maximum atomic E-state index is 12.7. The van der Waals surface area contributed by atoms with E-state index < -0.39 is 0 Å². The number of nitrogens with zero attached hydrogens (tertiary/aromatic N) is 3. The average Bonchev–Trinajstić information content (AvgIpc) is 3.09. The van der Waals surface area contributed by atoms with Gasteiger partial charge >= 0.3 is 0 Å². The molecule has 2 aromatic heterocycles. The first-order chi connectivity index (χ1) is 12.7. The molecule has 1 fully saturated rings. The maximum absolute atomic E-state index is 12.7. The van der Waals surface area contributed by atoms with E-state index in [1.807, 2.05) is 4.68 Å². The van der Waals surface area contributed by atoms with Gasteiger partial charge in [0.15, 0.2) is 5.69 Å². The fourth-order valence-corrected chi connectivity index (χ4v) is 3.66. The monoisotopic (exact) mass is 351 g/mol. The number of carbonyl (C=O) groups excluding carboxylic acids is 1. The lowest BCUT2D eigenvalue weighted by Gasteiger charge is -2.22. The topological polar surface area (TPSA) is 92.7 Å². The minimum Gasteiger partial charge on any atom is -0.305 e. The second kappa shape index (κ2) is 7.11. The summed E-state index contributed by atoms with van der Waals surface area (Å²) in [6, 6.07) is 8.74. The average molecular weight is 351 g/mol. The van der Waals surface area contributed by atoms with Gasteiger partial charge in [0.1, 0.15) is 5.82 Å². The Balaban J connectivity index is 1.57. The van der Waals surface area contributed by atoms with Crippen molar-refractivity contribution in [3.8, 4) is 0 Å². The predicted octanol–water partition coefficient (Wildman–Crippen LogP) is 2.95. The Labute approximate surface area is 150 Å². The standard InChI is InChI=1S/C19H21N5O2/c25-18-15-9-5-4-8-14(15)17(22-23-18)19(26)21-16-10-11-20-24(16)12-13-6-2-1-3-7-13/h4-5,8-11,13H,1-3,6-7,12H2,(H,21,26)(H,23,25).